The summed E-state index contributed by atoms with van der Waals surface area (Å²) in [6.07, 6.45) is 9.54. The standard InChI is InChI=1S/C19H15NO2/c21-19(13-5-2-1-3-6-13)17-16-11-9-14(20-18(16)17)8-10-15-7-4-12-22-15/h1-12,16-18H. The second-order valence-corrected chi connectivity index (χ2v) is 5.59. The predicted octanol–water partition coefficient (Wildman–Crippen LogP) is 3.80. The van der Waals surface area contributed by atoms with Crippen LogP contribution >= 0.6 is 0 Å². The van der Waals surface area contributed by atoms with Gasteiger partial charge in [0.15, 0.2) is 5.78 Å². The van der Waals surface area contributed by atoms with E-state index >= 15 is 0 Å². The number of carbonyl (C=O) groups is 1. The molecule has 1 aliphatic heterocycles. The molecule has 3 atom stereocenters. The lowest BCUT2D eigenvalue weighted by Crippen LogP contribution is -2.04. The molecule has 2 aliphatic rings. The second kappa shape index (κ2) is 5.26. The van der Waals surface area contributed by atoms with Gasteiger partial charge in [-0.1, -0.05) is 36.4 Å². The molecule has 3 heteroatoms. The summed E-state index contributed by atoms with van der Waals surface area (Å²) in [4.78, 5) is 17.2. The molecule has 0 saturated heterocycles. The third-order valence-corrected chi connectivity index (χ3v) is 4.15. The van der Waals surface area contributed by atoms with Crippen molar-refractivity contribution in [1.29, 1.82) is 0 Å². The first-order valence-electron chi connectivity index (χ1n) is 7.40. The first-order chi connectivity index (χ1) is 10.8. The van der Waals surface area contributed by atoms with E-state index in [1.54, 1.807) is 6.26 Å². The van der Waals surface area contributed by atoms with Crippen molar-refractivity contribution in [3.63, 3.8) is 0 Å². The van der Waals surface area contributed by atoms with Gasteiger partial charge in [0.25, 0.3) is 0 Å². The number of carbonyl (C=O) groups excluding carboxylic acids is 1. The van der Waals surface area contributed by atoms with Gasteiger partial charge in [-0.2, -0.15) is 0 Å². The molecule has 1 aromatic heterocycles. The maximum Gasteiger partial charge on any atom is 0.168 e. The minimum Gasteiger partial charge on any atom is -0.465 e. The average Bonchev–Trinajstić information content (AvgIpc) is 3.03. The number of Topliss-reactive ketones (excluding diaryl/α,β-unsaturated/α-hetero) is 1. The van der Waals surface area contributed by atoms with Crippen LogP contribution in [-0.2, 0) is 0 Å². The van der Waals surface area contributed by atoms with E-state index in [4.69, 9.17) is 4.42 Å². The fraction of sp³-hybridized carbons (Fsp3) is 0.158. The zero-order chi connectivity index (χ0) is 14.9. The zero-order valence-corrected chi connectivity index (χ0v) is 11.9. The zero-order valence-electron chi connectivity index (χ0n) is 11.9. The third-order valence-electron chi connectivity index (χ3n) is 4.15. The van der Waals surface area contributed by atoms with E-state index in [2.05, 4.69) is 11.1 Å². The predicted molar refractivity (Wildman–Crippen MR) is 85.9 cm³/mol. The summed E-state index contributed by atoms with van der Waals surface area (Å²) >= 11 is 0. The Morgan fingerprint density at radius 3 is 2.73 bits per heavy atom. The maximum absolute atomic E-state index is 12.5. The van der Waals surface area contributed by atoms with Crippen molar-refractivity contribution in [3.8, 4) is 0 Å². The lowest BCUT2D eigenvalue weighted by Gasteiger charge is -1.99. The summed E-state index contributed by atoms with van der Waals surface area (Å²) in [6.45, 7) is 0. The topological polar surface area (TPSA) is 42.6 Å². The van der Waals surface area contributed by atoms with Crippen molar-refractivity contribution in [2.24, 2.45) is 16.8 Å². The van der Waals surface area contributed by atoms with Crippen LogP contribution in [-0.4, -0.2) is 17.5 Å². The molecule has 3 unspecified atom stereocenters. The number of rotatable bonds is 4. The highest BCUT2D eigenvalue weighted by Gasteiger charge is 2.54. The van der Waals surface area contributed by atoms with Gasteiger partial charge in [0.2, 0.25) is 0 Å². The Morgan fingerprint density at radius 1 is 1.09 bits per heavy atom. The Kier molecular flexibility index (Phi) is 3.11. The van der Waals surface area contributed by atoms with Crippen molar-refractivity contribution < 1.29 is 9.21 Å². The molecule has 1 fully saturated rings. The van der Waals surface area contributed by atoms with E-state index < -0.39 is 0 Å². The quantitative estimate of drug-likeness (QED) is 0.803. The van der Waals surface area contributed by atoms with Gasteiger partial charge in [0.1, 0.15) is 5.76 Å². The van der Waals surface area contributed by atoms with Gasteiger partial charge < -0.3 is 4.42 Å². The van der Waals surface area contributed by atoms with Crippen molar-refractivity contribution in [2.75, 3.05) is 0 Å². The molecular formula is C19H15NO2. The Labute approximate surface area is 128 Å². The van der Waals surface area contributed by atoms with E-state index in [9.17, 15) is 4.79 Å². The van der Waals surface area contributed by atoms with Crippen LogP contribution in [0.25, 0.3) is 6.08 Å². The van der Waals surface area contributed by atoms with Crippen LogP contribution in [0.5, 0.6) is 0 Å². The maximum atomic E-state index is 12.5. The summed E-state index contributed by atoms with van der Waals surface area (Å²) in [6, 6.07) is 13.3. The fourth-order valence-electron chi connectivity index (χ4n) is 2.92. The number of hydrogen-bond donors (Lipinski definition) is 0. The Bertz CT molecular complexity index is 769. The van der Waals surface area contributed by atoms with Crippen molar-refractivity contribution in [1.82, 2.24) is 0 Å². The number of ketones is 1. The molecule has 2 aromatic rings. The summed E-state index contributed by atoms with van der Waals surface area (Å²) in [7, 11) is 0. The number of aliphatic imine (C=N–C) groups is 1. The summed E-state index contributed by atoms with van der Waals surface area (Å²) in [5, 5.41) is 0. The Morgan fingerprint density at radius 2 is 1.95 bits per heavy atom. The van der Waals surface area contributed by atoms with Gasteiger partial charge in [-0.25, -0.2) is 0 Å². The summed E-state index contributed by atoms with van der Waals surface area (Å²) in [5.41, 5.74) is 1.67. The van der Waals surface area contributed by atoms with Gasteiger partial charge >= 0.3 is 0 Å². The highest BCUT2D eigenvalue weighted by molar-refractivity contribution is 6.08. The molecule has 108 valence electrons. The molecule has 2 heterocycles. The van der Waals surface area contributed by atoms with Crippen molar-refractivity contribution in [2.45, 2.75) is 6.04 Å². The highest BCUT2D eigenvalue weighted by Crippen LogP contribution is 2.47. The number of fused-ring (bicyclic) bond motifs is 1. The molecule has 0 radical (unpaired) electrons. The van der Waals surface area contributed by atoms with Crippen molar-refractivity contribution in [3.05, 3.63) is 78.3 Å². The van der Waals surface area contributed by atoms with Gasteiger partial charge in [-0.3, -0.25) is 9.79 Å². The largest absolute Gasteiger partial charge is 0.465 e. The SMILES string of the molecule is O=C(c1ccccc1)C1C2C=CC(C=Cc3ccco3)=NC21. The second-order valence-electron chi connectivity index (χ2n) is 5.59. The Balaban J connectivity index is 1.49. The number of benzene rings is 1. The van der Waals surface area contributed by atoms with Crippen LogP contribution in [0.4, 0.5) is 0 Å². The van der Waals surface area contributed by atoms with Gasteiger partial charge in [-0.15, -0.1) is 0 Å². The minimum absolute atomic E-state index is 0.00633. The monoisotopic (exact) mass is 289 g/mol. The van der Waals surface area contributed by atoms with Crippen LogP contribution in [0.2, 0.25) is 0 Å². The lowest BCUT2D eigenvalue weighted by atomic mass is 10.1. The molecule has 0 bridgehead atoms. The normalized spacial score (nSPS) is 25.8. The van der Waals surface area contributed by atoms with E-state index in [1.165, 1.54) is 0 Å². The molecule has 0 amide bonds. The fourth-order valence-corrected chi connectivity index (χ4v) is 2.92. The first kappa shape index (κ1) is 13.0. The number of furan rings is 1. The van der Waals surface area contributed by atoms with Crippen LogP contribution in [0.3, 0.4) is 0 Å². The van der Waals surface area contributed by atoms with Crippen LogP contribution in [0.1, 0.15) is 16.1 Å². The van der Waals surface area contributed by atoms with Crippen LogP contribution < -0.4 is 0 Å². The number of allylic oxidation sites excluding steroid dienone is 2. The van der Waals surface area contributed by atoms with E-state index in [0.717, 1.165) is 17.0 Å². The third kappa shape index (κ3) is 2.35. The van der Waals surface area contributed by atoms with E-state index in [-0.39, 0.29) is 23.7 Å². The molecule has 22 heavy (non-hydrogen) atoms. The average molecular weight is 289 g/mol. The number of nitrogens with zero attached hydrogens (tertiary/aromatic N) is 1. The number of hydrogen-bond acceptors (Lipinski definition) is 3. The molecule has 1 aliphatic carbocycles. The molecule has 1 saturated carbocycles. The van der Waals surface area contributed by atoms with E-state index in [0.29, 0.717) is 0 Å². The van der Waals surface area contributed by atoms with Crippen LogP contribution in [0.15, 0.2) is 76.4 Å². The molecule has 4 rings (SSSR count). The summed E-state index contributed by atoms with van der Waals surface area (Å²) < 4.78 is 5.26. The molecule has 1 aromatic carbocycles. The van der Waals surface area contributed by atoms with Gasteiger partial charge in [-0.05, 0) is 30.4 Å². The smallest absolute Gasteiger partial charge is 0.168 e. The molecule has 3 nitrogen and oxygen atoms in total. The highest BCUT2D eigenvalue weighted by atomic mass is 16.3. The first-order valence-corrected chi connectivity index (χ1v) is 7.40. The summed E-state index contributed by atoms with van der Waals surface area (Å²) in [5.74, 6) is 1.24. The number of dihydropyridines is 1. The molecule has 0 N–H and O–H groups in total. The van der Waals surface area contributed by atoms with Crippen molar-refractivity contribution >= 4 is 17.6 Å². The van der Waals surface area contributed by atoms with Gasteiger partial charge in [0, 0.05) is 11.5 Å². The lowest BCUT2D eigenvalue weighted by molar-refractivity contribution is 0.0962. The van der Waals surface area contributed by atoms with E-state index in [1.807, 2.05) is 60.7 Å². The minimum atomic E-state index is -0.00633. The van der Waals surface area contributed by atoms with Gasteiger partial charge in [0.05, 0.1) is 23.9 Å². The molecular weight excluding hydrogens is 274 g/mol. The molecule has 0 spiro atoms. The Hall–Kier alpha value is -2.68. The van der Waals surface area contributed by atoms with Crippen LogP contribution in [0, 0.1) is 11.8 Å².